The number of aromatic nitrogens is 3. The molecular formula is C14H24N4OS. The van der Waals surface area contributed by atoms with E-state index in [1.807, 2.05) is 11.8 Å². The third kappa shape index (κ3) is 3.28. The highest BCUT2D eigenvalue weighted by molar-refractivity contribution is 7.99. The molecule has 0 bridgehead atoms. The lowest BCUT2D eigenvalue weighted by Crippen LogP contribution is -2.22. The van der Waals surface area contributed by atoms with E-state index < -0.39 is 0 Å². The van der Waals surface area contributed by atoms with E-state index >= 15 is 0 Å². The van der Waals surface area contributed by atoms with Gasteiger partial charge in [-0.05, 0) is 38.5 Å². The van der Waals surface area contributed by atoms with E-state index in [4.69, 9.17) is 5.11 Å². The Balaban J connectivity index is 1.61. The van der Waals surface area contributed by atoms with Gasteiger partial charge in [0.1, 0.15) is 0 Å². The second kappa shape index (κ2) is 6.80. The largest absolute Gasteiger partial charge is 0.396 e. The van der Waals surface area contributed by atoms with E-state index in [1.165, 1.54) is 25.7 Å². The summed E-state index contributed by atoms with van der Waals surface area (Å²) in [6, 6.07) is 0.639. The predicted molar refractivity (Wildman–Crippen MR) is 81.4 cm³/mol. The average molecular weight is 296 g/mol. The zero-order valence-electron chi connectivity index (χ0n) is 12.0. The van der Waals surface area contributed by atoms with Crippen LogP contribution in [0.2, 0.25) is 0 Å². The molecule has 20 heavy (non-hydrogen) atoms. The highest BCUT2D eigenvalue weighted by Crippen LogP contribution is 2.41. The van der Waals surface area contributed by atoms with Gasteiger partial charge in [0.05, 0.1) is 0 Å². The molecule has 1 aromatic rings. The van der Waals surface area contributed by atoms with E-state index in [0.29, 0.717) is 12.6 Å². The van der Waals surface area contributed by atoms with Crippen LogP contribution >= 0.6 is 11.8 Å². The van der Waals surface area contributed by atoms with Gasteiger partial charge in [0.2, 0.25) is 5.95 Å². The summed E-state index contributed by atoms with van der Waals surface area (Å²) < 4.78 is 2.38. The number of aliphatic hydroxyl groups excluding tert-OH is 1. The van der Waals surface area contributed by atoms with Crippen LogP contribution in [0.1, 0.15) is 51.0 Å². The third-order valence-corrected chi connectivity index (χ3v) is 5.01. The molecule has 0 radical (unpaired) electrons. The maximum absolute atomic E-state index is 8.79. The molecule has 0 atom stereocenters. The van der Waals surface area contributed by atoms with Gasteiger partial charge in [0, 0.05) is 31.5 Å². The Kier molecular flexibility index (Phi) is 4.83. The fraction of sp³-hybridized carbons (Fsp3) is 0.857. The maximum Gasteiger partial charge on any atom is 0.228 e. The van der Waals surface area contributed by atoms with E-state index in [-0.39, 0.29) is 0 Å². The summed E-state index contributed by atoms with van der Waals surface area (Å²) in [6.45, 7) is 2.57. The minimum atomic E-state index is 0.308. The van der Waals surface area contributed by atoms with Gasteiger partial charge in [-0.15, -0.1) is 10.2 Å². The van der Waals surface area contributed by atoms with Crippen molar-refractivity contribution in [1.82, 2.24) is 14.8 Å². The lowest BCUT2D eigenvalue weighted by molar-refractivity contribution is 0.284. The van der Waals surface area contributed by atoms with Crippen LogP contribution in [0, 0.1) is 0 Å². The van der Waals surface area contributed by atoms with Gasteiger partial charge in [-0.3, -0.25) is 4.57 Å². The molecule has 1 aliphatic heterocycles. The van der Waals surface area contributed by atoms with E-state index in [1.54, 1.807) is 0 Å². The first kappa shape index (κ1) is 14.2. The van der Waals surface area contributed by atoms with Crippen molar-refractivity contribution in [2.24, 2.45) is 0 Å². The van der Waals surface area contributed by atoms with Gasteiger partial charge in [-0.25, -0.2) is 0 Å². The fourth-order valence-corrected chi connectivity index (χ4v) is 3.71. The van der Waals surface area contributed by atoms with Crippen LogP contribution in [-0.4, -0.2) is 45.3 Å². The minimum Gasteiger partial charge on any atom is -0.396 e. The van der Waals surface area contributed by atoms with Crippen LogP contribution in [0.4, 0.5) is 5.95 Å². The molecule has 1 aromatic heterocycles. The number of aliphatic hydroxyl groups is 1. The summed E-state index contributed by atoms with van der Waals surface area (Å²) in [7, 11) is 0. The molecule has 1 saturated heterocycles. The Morgan fingerprint density at radius 2 is 1.90 bits per heavy atom. The second-order valence-electron chi connectivity index (χ2n) is 5.71. The Morgan fingerprint density at radius 1 is 1.10 bits per heavy atom. The van der Waals surface area contributed by atoms with Gasteiger partial charge >= 0.3 is 0 Å². The topological polar surface area (TPSA) is 54.2 Å². The van der Waals surface area contributed by atoms with Crippen LogP contribution < -0.4 is 4.90 Å². The molecular weight excluding hydrogens is 272 g/mol. The molecule has 3 rings (SSSR count). The zero-order valence-corrected chi connectivity index (χ0v) is 12.8. The molecule has 0 amide bonds. The Bertz CT molecular complexity index is 427. The number of thioether (sulfide) groups is 1. The van der Waals surface area contributed by atoms with Crippen LogP contribution in [0.5, 0.6) is 0 Å². The van der Waals surface area contributed by atoms with Gasteiger partial charge in [0.25, 0.3) is 0 Å². The predicted octanol–water partition coefficient (Wildman–Crippen LogP) is 2.47. The lowest BCUT2D eigenvalue weighted by Gasteiger charge is -2.17. The molecule has 0 spiro atoms. The molecule has 1 aliphatic carbocycles. The quantitative estimate of drug-likeness (QED) is 0.590. The SMILES string of the molecule is OCCCCCSc1nnc(N2CCCC2)n1C1CC1. The van der Waals surface area contributed by atoms with E-state index in [2.05, 4.69) is 19.7 Å². The molecule has 0 unspecified atom stereocenters. The monoisotopic (exact) mass is 296 g/mol. The number of rotatable bonds is 8. The van der Waals surface area contributed by atoms with Crippen molar-refractivity contribution in [2.45, 2.75) is 56.1 Å². The molecule has 2 aliphatic rings. The Morgan fingerprint density at radius 3 is 2.60 bits per heavy atom. The molecule has 1 saturated carbocycles. The molecule has 5 nitrogen and oxygen atoms in total. The average Bonchev–Trinajstić information content (AvgIpc) is 3.00. The van der Waals surface area contributed by atoms with Crippen molar-refractivity contribution in [2.75, 3.05) is 30.3 Å². The molecule has 0 aromatic carbocycles. The summed E-state index contributed by atoms with van der Waals surface area (Å²) in [5, 5.41) is 18.8. The summed E-state index contributed by atoms with van der Waals surface area (Å²) in [5.41, 5.74) is 0. The summed E-state index contributed by atoms with van der Waals surface area (Å²) >= 11 is 1.83. The van der Waals surface area contributed by atoms with Crippen molar-refractivity contribution in [3.8, 4) is 0 Å². The number of nitrogens with zero attached hydrogens (tertiary/aromatic N) is 4. The first-order valence-corrected chi connectivity index (χ1v) is 8.82. The first-order chi connectivity index (χ1) is 9.90. The number of unbranched alkanes of at least 4 members (excludes halogenated alkanes) is 2. The number of anilines is 1. The van der Waals surface area contributed by atoms with Gasteiger partial charge in [-0.1, -0.05) is 18.2 Å². The van der Waals surface area contributed by atoms with Crippen LogP contribution in [0.3, 0.4) is 0 Å². The number of hydrogen-bond acceptors (Lipinski definition) is 5. The first-order valence-electron chi connectivity index (χ1n) is 7.83. The van der Waals surface area contributed by atoms with Crippen molar-refractivity contribution < 1.29 is 5.11 Å². The van der Waals surface area contributed by atoms with Crippen molar-refractivity contribution in [3.63, 3.8) is 0 Å². The molecule has 2 fully saturated rings. The van der Waals surface area contributed by atoms with Crippen LogP contribution in [-0.2, 0) is 0 Å². The van der Waals surface area contributed by atoms with Gasteiger partial charge in [-0.2, -0.15) is 0 Å². The van der Waals surface area contributed by atoms with E-state index in [0.717, 1.165) is 49.2 Å². The maximum atomic E-state index is 8.79. The van der Waals surface area contributed by atoms with Crippen molar-refractivity contribution in [3.05, 3.63) is 0 Å². The van der Waals surface area contributed by atoms with Crippen molar-refractivity contribution in [1.29, 1.82) is 0 Å². The Hall–Kier alpha value is -0.750. The molecule has 2 heterocycles. The van der Waals surface area contributed by atoms with Crippen LogP contribution in [0.15, 0.2) is 5.16 Å². The molecule has 112 valence electrons. The molecule has 6 heteroatoms. The molecule has 1 N–H and O–H groups in total. The Labute approximate surface area is 124 Å². The van der Waals surface area contributed by atoms with E-state index in [9.17, 15) is 0 Å². The highest BCUT2D eigenvalue weighted by atomic mass is 32.2. The van der Waals surface area contributed by atoms with Crippen molar-refractivity contribution >= 4 is 17.7 Å². The fourth-order valence-electron chi connectivity index (χ4n) is 2.71. The summed E-state index contributed by atoms with van der Waals surface area (Å²) in [6.07, 6.45) is 8.26. The third-order valence-electron chi connectivity index (χ3n) is 3.98. The second-order valence-corrected chi connectivity index (χ2v) is 6.77. The van der Waals surface area contributed by atoms with Gasteiger partial charge in [0.15, 0.2) is 5.16 Å². The van der Waals surface area contributed by atoms with Crippen LogP contribution in [0.25, 0.3) is 0 Å². The number of hydrogen-bond donors (Lipinski definition) is 1. The normalized spacial score (nSPS) is 18.9. The lowest BCUT2D eigenvalue weighted by atomic mass is 10.3. The zero-order chi connectivity index (χ0) is 13.8. The smallest absolute Gasteiger partial charge is 0.228 e. The minimum absolute atomic E-state index is 0.308. The summed E-state index contributed by atoms with van der Waals surface area (Å²) in [4.78, 5) is 2.39. The standard InChI is InChI=1S/C14H24N4OS/c19-10-4-1-5-11-20-14-16-15-13(17-8-2-3-9-17)18(14)12-6-7-12/h12,19H,1-11H2. The summed E-state index contributed by atoms with van der Waals surface area (Å²) in [5.74, 6) is 2.17. The highest BCUT2D eigenvalue weighted by Gasteiger charge is 2.32. The van der Waals surface area contributed by atoms with Gasteiger partial charge < -0.3 is 10.0 Å².